The van der Waals surface area contributed by atoms with Gasteiger partial charge in [0.1, 0.15) is 0 Å². The molecule has 3 aromatic rings. The summed E-state index contributed by atoms with van der Waals surface area (Å²) in [6.07, 6.45) is -0.917. The summed E-state index contributed by atoms with van der Waals surface area (Å²) in [7, 11) is 0. The molecule has 0 fully saturated rings. The Morgan fingerprint density at radius 3 is 2.72 bits per heavy atom. The predicted octanol–water partition coefficient (Wildman–Crippen LogP) is 1.97. The molecule has 7 nitrogen and oxygen atoms in total. The molecule has 10 heteroatoms. The van der Waals surface area contributed by atoms with Gasteiger partial charge in [0.05, 0.1) is 11.4 Å². The fraction of sp³-hybridized carbons (Fsp3) is 0.133. The van der Waals surface area contributed by atoms with E-state index >= 15 is 0 Å². The van der Waals surface area contributed by atoms with Gasteiger partial charge < -0.3 is 14.2 Å². The molecule has 3 rings (SSSR count). The van der Waals surface area contributed by atoms with Gasteiger partial charge in [-0.25, -0.2) is 9.78 Å². The average molecular weight is 353 g/mol. The number of imidazole rings is 1. The zero-order chi connectivity index (χ0) is 18.4. The Morgan fingerprint density at radius 1 is 1.32 bits per heavy atom. The van der Waals surface area contributed by atoms with Gasteiger partial charge in [0, 0.05) is 24.7 Å². The van der Waals surface area contributed by atoms with Crippen molar-refractivity contribution in [1.29, 1.82) is 0 Å². The van der Waals surface area contributed by atoms with Crippen molar-refractivity contribution in [2.24, 2.45) is 0 Å². The second-order valence-electron chi connectivity index (χ2n) is 5.13. The highest BCUT2D eigenvalue weighted by atomic mass is 19.4. The number of hydrogen-bond acceptors (Lipinski definition) is 5. The number of esters is 1. The summed E-state index contributed by atoms with van der Waals surface area (Å²) >= 11 is 0. The van der Waals surface area contributed by atoms with E-state index in [9.17, 15) is 27.9 Å². The first-order valence-electron chi connectivity index (χ1n) is 6.86. The molecule has 25 heavy (non-hydrogen) atoms. The Kier molecular flexibility index (Phi) is 3.74. The third-order valence-corrected chi connectivity index (χ3v) is 3.26. The molecule has 0 bridgehead atoms. The second-order valence-corrected chi connectivity index (χ2v) is 5.13. The largest absolute Gasteiger partial charge is 0.504 e. The number of carbonyl (C=O) groups is 1. The number of rotatable bonds is 2. The summed E-state index contributed by atoms with van der Waals surface area (Å²) in [6.45, 7) is 1.70. The summed E-state index contributed by atoms with van der Waals surface area (Å²) in [4.78, 5) is 27.3. The van der Waals surface area contributed by atoms with Gasteiger partial charge in [-0.05, 0) is 19.1 Å². The molecular weight excluding hydrogens is 343 g/mol. The highest BCUT2D eigenvalue weighted by molar-refractivity contribution is 5.78. The van der Waals surface area contributed by atoms with E-state index in [1.165, 1.54) is 28.9 Å². The maximum atomic E-state index is 12.3. The van der Waals surface area contributed by atoms with E-state index in [-0.39, 0.29) is 17.1 Å². The van der Waals surface area contributed by atoms with Crippen LogP contribution in [0.4, 0.5) is 13.2 Å². The van der Waals surface area contributed by atoms with E-state index in [1.54, 1.807) is 13.1 Å². The maximum absolute atomic E-state index is 12.3. The standard InChI is InChI=1S/C15H10F3N3O4/c1-8-6-20-7-9(5-10(22)12(20)19-8)21-4-2-3-11(13(21)23)25-14(24)15(16,17)18/h2-7,22H,1H3. The Bertz CT molecular complexity index is 1040. The first kappa shape index (κ1) is 16.6. The van der Waals surface area contributed by atoms with Crippen LogP contribution in [0.1, 0.15) is 5.69 Å². The van der Waals surface area contributed by atoms with Crippen LogP contribution in [0.5, 0.6) is 11.5 Å². The van der Waals surface area contributed by atoms with E-state index in [2.05, 4.69) is 9.72 Å². The average Bonchev–Trinajstić information content (AvgIpc) is 2.89. The Labute approximate surface area is 137 Å². The molecule has 0 unspecified atom stereocenters. The fourth-order valence-corrected chi connectivity index (χ4v) is 2.23. The lowest BCUT2D eigenvalue weighted by molar-refractivity contribution is -0.189. The van der Waals surface area contributed by atoms with Crippen LogP contribution >= 0.6 is 0 Å². The minimum Gasteiger partial charge on any atom is -0.504 e. The summed E-state index contributed by atoms with van der Waals surface area (Å²) in [6, 6.07) is 3.40. The lowest BCUT2D eigenvalue weighted by Gasteiger charge is -2.10. The molecule has 3 heterocycles. The molecule has 0 atom stereocenters. The number of ether oxygens (including phenoxy) is 1. The van der Waals surface area contributed by atoms with Gasteiger partial charge in [-0.1, -0.05) is 0 Å². The van der Waals surface area contributed by atoms with Crippen LogP contribution in [-0.2, 0) is 4.79 Å². The van der Waals surface area contributed by atoms with Crippen LogP contribution in [0.25, 0.3) is 11.3 Å². The molecule has 0 aliphatic heterocycles. The van der Waals surface area contributed by atoms with Gasteiger partial charge in [-0.3, -0.25) is 9.36 Å². The topological polar surface area (TPSA) is 85.8 Å². The van der Waals surface area contributed by atoms with E-state index < -0.39 is 23.5 Å². The van der Waals surface area contributed by atoms with Crippen LogP contribution in [-0.4, -0.2) is 31.2 Å². The minimum atomic E-state index is -5.22. The number of hydrogen-bond donors (Lipinski definition) is 1. The van der Waals surface area contributed by atoms with E-state index in [4.69, 9.17) is 0 Å². The molecule has 3 aromatic heterocycles. The van der Waals surface area contributed by atoms with E-state index in [0.29, 0.717) is 5.69 Å². The van der Waals surface area contributed by atoms with E-state index in [0.717, 1.165) is 10.6 Å². The first-order valence-corrected chi connectivity index (χ1v) is 6.86. The van der Waals surface area contributed by atoms with Crippen molar-refractivity contribution >= 4 is 11.6 Å². The number of nitrogens with zero attached hydrogens (tertiary/aromatic N) is 3. The van der Waals surface area contributed by atoms with Gasteiger partial charge >= 0.3 is 12.1 Å². The van der Waals surface area contributed by atoms with Crippen molar-refractivity contribution in [3.8, 4) is 17.2 Å². The normalized spacial score (nSPS) is 11.7. The van der Waals surface area contributed by atoms with Crippen LogP contribution < -0.4 is 10.3 Å². The summed E-state index contributed by atoms with van der Waals surface area (Å²) in [5, 5.41) is 10.0. The number of aromatic hydroxyl groups is 1. The first-order chi connectivity index (χ1) is 11.7. The van der Waals surface area contributed by atoms with E-state index in [1.807, 2.05) is 0 Å². The highest BCUT2D eigenvalue weighted by Crippen LogP contribution is 2.22. The van der Waals surface area contributed by atoms with Crippen molar-refractivity contribution in [1.82, 2.24) is 14.0 Å². The second kappa shape index (κ2) is 5.65. The number of pyridine rings is 2. The van der Waals surface area contributed by atoms with Crippen molar-refractivity contribution in [3.05, 3.63) is 52.8 Å². The molecule has 0 radical (unpaired) electrons. The highest BCUT2D eigenvalue weighted by Gasteiger charge is 2.41. The molecular formula is C15H10F3N3O4. The molecule has 0 aromatic carbocycles. The zero-order valence-corrected chi connectivity index (χ0v) is 12.6. The third kappa shape index (κ3) is 3.05. The van der Waals surface area contributed by atoms with Crippen LogP contribution in [0, 0.1) is 6.92 Å². The lowest BCUT2D eigenvalue weighted by atomic mass is 10.3. The molecule has 0 saturated carbocycles. The van der Waals surface area contributed by atoms with Gasteiger partial charge in [0.15, 0.2) is 17.1 Å². The molecule has 0 spiro atoms. The SMILES string of the molecule is Cc1cn2cc(-n3cccc(OC(=O)C(F)(F)F)c3=O)cc(O)c2n1. The molecule has 1 N–H and O–H groups in total. The van der Waals surface area contributed by atoms with Crippen molar-refractivity contribution in [2.45, 2.75) is 13.1 Å². The Morgan fingerprint density at radius 2 is 2.04 bits per heavy atom. The fourth-order valence-electron chi connectivity index (χ4n) is 2.23. The molecule has 0 aliphatic carbocycles. The number of carbonyl (C=O) groups excluding carboxylic acids is 1. The van der Waals surface area contributed by atoms with Gasteiger partial charge in [-0.2, -0.15) is 13.2 Å². The van der Waals surface area contributed by atoms with Gasteiger partial charge in [-0.15, -0.1) is 0 Å². The maximum Gasteiger partial charge on any atom is 0.491 e. The predicted molar refractivity (Wildman–Crippen MR) is 78.9 cm³/mol. The summed E-state index contributed by atoms with van der Waals surface area (Å²) < 4.78 is 43.4. The van der Waals surface area contributed by atoms with Crippen molar-refractivity contribution in [2.75, 3.05) is 0 Å². The number of fused-ring (bicyclic) bond motifs is 1. The van der Waals surface area contributed by atoms with Crippen LogP contribution in [0.2, 0.25) is 0 Å². The summed E-state index contributed by atoms with van der Waals surface area (Å²) in [5.41, 5.74) is 0.0367. The lowest BCUT2D eigenvalue weighted by Crippen LogP contribution is -2.31. The monoisotopic (exact) mass is 353 g/mol. The molecule has 0 aliphatic rings. The van der Waals surface area contributed by atoms with Gasteiger partial charge in [0.25, 0.3) is 5.56 Å². The number of aryl methyl sites for hydroxylation is 1. The quantitative estimate of drug-likeness (QED) is 0.712. The van der Waals surface area contributed by atoms with Crippen molar-refractivity contribution in [3.63, 3.8) is 0 Å². The van der Waals surface area contributed by atoms with Crippen LogP contribution in [0.3, 0.4) is 0 Å². The van der Waals surface area contributed by atoms with Gasteiger partial charge in [0.2, 0.25) is 0 Å². The molecule has 0 saturated heterocycles. The summed E-state index contributed by atoms with van der Waals surface area (Å²) in [5.74, 6) is -3.51. The smallest absolute Gasteiger partial charge is 0.491 e. The Balaban J connectivity index is 2.08. The zero-order valence-electron chi connectivity index (χ0n) is 12.6. The van der Waals surface area contributed by atoms with Crippen LogP contribution in [0.15, 0.2) is 41.6 Å². The number of alkyl halides is 3. The minimum absolute atomic E-state index is 0.150. The number of halogens is 3. The molecule has 130 valence electrons. The number of aromatic nitrogens is 3. The van der Waals surface area contributed by atoms with Crippen molar-refractivity contribution < 1.29 is 27.8 Å². The third-order valence-electron chi connectivity index (χ3n) is 3.26. The molecule has 0 amide bonds. The Hall–Kier alpha value is -3.30.